The minimum absolute atomic E-state index is 0.0480. The third kappa shape index (κ3) is 3.71. The molecule has 0 spiro atoms. The highest BCUT2D eigenvalue weighted by atomic mass is 19.4. The maximum absolute atomic E-state index is 13.5. The summed E-state index contributed by atoms with van der Waals surface area (Å²) in [5.41, 5.74) is 0.0652. The maximum atomic E-state index is 13.5. The third-order valence-electron chi connectivity index (χ3n) is 3.04. The molecule has 1 N–H and O–H groups in total. The Kier molecular flexibility index (Phi) is 4.16. The number of halogens is 5. The number of rotatable bonds is 3. The van der Waals surface area contributed by atoms with Crippen LogP contribution in [0.4, 0.5) is 27.6 Å². The number of alkyl halides is 3. The minimum Gasteiger partial charge on any atom is -0.381 e. The van der Waals surface area contributed by atoms with Crippen molar-refractivity contribution < 1.29 is 22.0 Å². The molecule has 2 rings (SSSR count). The zero-order valence-corrected chi connectivity index (χ0v) is 11.1. The molecular formula is C15H12F5N. The van der Waals surface area contributed by atoms with E-state index in [1.807, 2.05) is 0 Å². The van der Waals surface area contributed by atoms with E-state index in [1.165, 1.54) is 6.07 Å². The normalized spacial score (nSPS) is 11.5. The summed E-state index contributed by atoms with van der Waals surface area (Å²) in [5.74, 6) is -1.22. The molecule has 112 valence electrons. The van der Waals surface area contributed by atoms with Gasteiger partial charge in [0.15, 0.2) is 0 Å². The molecule has 0 saturated carbocycles. The van der Waals surface area contributed by atoms with Crippen molar-refractivity contribution in [3.63, 3.8) is 0 Å². The van der Waals surface area contributed by atoms with Gasteiger partial charge < -0.3 is 5.32 Å². The second kappa shape index (κ2) is 5.71. The second-order valence-electron chi connectivity index (χ2n) is 4.62. The maximum Gasteiger partial charge on any atom is 0.416 e. The fourth-order valence-electron chi connectivity index (χ4n) is 1.86. The van der Waals surface area contributed by atoms with E-state index in [0.29, 0.717) is 5.56 Å². The van der Waals surface area contributed by atoms with Crippen molar-refractivity contribution in [3.05, 3.63) is 64.7 Å². The van der Waals surface area contributed by atoms with E-state index in [2.05, 4.69) is 5.32 Å². The summed E-state index contributed by atoms with van der Waals surface area (Å²) in [4.78, 5) is 0. The lowest BCUT2D eigenvalue weighted by atomic mass is 10.1. The van der Waals surface area contributed by atoms with E-state index in [1.54, 1.807) is 6.92 Å². The van der Waals surface area contributed by atoms with Gasteiger partial charge in [-0.2, -0.15) is 13.2 Å². The van der Waals surface area contributed by atoms with Crippen LogP contribution in [0.3, 0.4) is 0 Å². The molecule has 21 heavy (non-hydrogen) atoms. The van der Waals surface area contributed by atoms with Crippen molar-refractivity contribution in [2.45, 2.75) is 19.6 Å². The van der Waals surface area contributed by atoms with Gasteiger partial charge in [-0.15, -0.1) is 0 Å². The van der Waals surface area contributed by atoms with E-state index < -0.39 is 23.4 Å². The van der Waals surface area contributed by atoms with Gasteiger partial charge >= 0.3 is 6.18 Å². The quantitative estimate of drug-likeness (QED) is 0.795. The SMILES string of the molecule is Cc1ccc(C(F)(F)F)cc1NCc1cc(F)ccc1F. The van der Waals surface area contributed by atoms with E-state index in [9.17, 15) is 22.0 Å². The largest absolute Gasteiger partial charge is 0.416 e. The summed E-state index contributed by atoms with van der Waals surface area (Å²) >= 11 is 0. The summed E-state index contributed by atoms with van der Waals surface area (Å²) in [7, 11) is 0. The average molecular weight is 301 g/mol. The van der Waals surface area contributed by atoms with Crippen molar-refractivity contribution in [3.8, 4) is 0 Å². The van der Waals surface area contributed by atoms with Crippen LogP contribution in [0, 0.1) is 18.6 Å². The van der Waals surface area contributed by atoms with Crippen molar-refractivity contribution in [1.29, 1.82) is 0 Å². The Morgan fingerprint density at radius 1 is 1.00 bits per heavy atom. The molecule has 2 aromatic rings. The molecule has 2 aromatic carbocycles. The summed E-state index contributed by atoms with van der Waals surface area (Å²) in [6, 6.07) is 6.22. The molecule has 6 heteroatoms. The summed E-state index contributed by atoms with van der Waals surface area (Å²) in [6.07, 6.45) is -4.45. The van der Waals surface area contributed by atoms with Crippen LogP contribution in [0.25, 0.3) is 0 Å². The van der Waals surface area contributed by atoms with Gasteiger partial charge in [0.2, 0.25) is 0 Å². The molecule has 0 unspecified atom stereocenters. The monoisotopic (exact) mass is 301 g/mol. The van der Waals surface area contributed by atoms with E-state index in [-0.39, 0.29) is 17.8 Å². The predicted molar refractivity (Wildman–Crippen MR) is 69.9 cm³/mol. The fraction of sp³-hybridized carbons (Fsp3) is 0.200. The molecule has 0 bridgehead atoms. The van der Waals surface area contributed by atoms with Gasteiger partial charge in [-0.3, -0.25) is 0 Å². The zero-order valence-electron chi connectivity index (χ0n) is 11.1. The first-order valence-electron chi connectivity index (χ1n) is 6.13. The van der Waals surface area contributed by atoms with Crippen LogP contribution < -0.4 is 5.32 Å². The van der Waals surface area contributed by atoms with Gasteiger partial charge in [-0.05, 0) is 42.8 Å². The molecule has 0 fully saturated rings. The van der Waals surface area contributed by atoms with Gasteiger partial charge in [0, 0.05) is 17.8 Å². The molecule has 0 amide bonds. The lowest BCUT2D eigenvalue weighted by molar-refractivity contribution is -0.137. The van der Waals surface area contributed by atoms with E-state index in [4.69, 9.17) is 0 Å². The summed E-state index contributed by atoms with van der Waals surface area (Å²) in [6.45, 7) is 1.52. The standard InChI is InChI=1S/C15H12F5N/c1-9-2-3-11(15(18,19)20)7-14(9)21-8-10-6-12(16)4-5-13(10)17/h2-7,21H,8H2,1H3. The van der Waals surface area contributed by atoms with Gasteiger partial charge in [-0.1, -0.05) is 6.07 Å². The van der Waals surface area contributed by atoms with E-state index in [0.717, 1.165) is 30.3 Å². The molecular weight excluding hydrogens is 289 g/mol. The molecule has 0 heterocycles. The molecule has 0 aliphatic rings. The topological polar surface area (TPSA) is 12.0 Å². The first-order chi connectivity index (χ1) is 9.77. The van der Waals surface area contributed by atoms with Crippen LogP contribution in [-0.2, 0) is 12.7 Å². The molecule has 0 aromatic heterocycles. The van der Waals surface area contributed by atoms with Crippen LogP contribution in [0.2, 0.25) is 0 Å². The smallest absolute Gasteiger partial charge is 0.381 e. The highest BCUT2D eigenvalue weighted by molar-refractivity contribution is 5.53. The molecule has 0 aliphatic heterocycles. The van der Waals surface area contributed by atoms with Gasteiger partial charge in [0.25, 0.3) is 0 Å². The lowest BCUT2D eigenvalue weighted by Crippen LogP contribution is -2.08. The number of nitrogens with one attached hydrogen (secondary N) is 1. The Labute approximate surface area is 118 Å². The van der Waals surface area contributed by atoms with Crippen LogP contribution in [-0.4, -0.2) is 0 Å². The third-order valence-corrected chi connectivity index (χ3v) is 3.04. The van der Waals surface area contributed by atoms with Crippen molar-refractivity contribution in [1.82, 2.24) is 0 Å². The Hall–Kier alpha value is -2.11. The summed E-state index contributed by atoms with van der Waals surface area (Å²) in [5, 5.41) is 2.70. The van der Waals surface area contributed by atoms with Crippen LogP contribution >= 0.6 is 0 Å². The Morgan fingerprint density at radius 3 is 2.38 bits per heavy atom. The molecule has 0 aliphatic carbocycles. The minimum atomic E-state index is -4.45. The van der Waals surface area contributed by atoms with Crippen LogP contribution in [0.1, 0.15) is 16.7 Å². The number of aryl methyl sites for hydroxylation is 1. The number of hydrogen-bond donors (Lipinski definition) is 1. The molecule has 0 radical (unpaired) electrons. The summed E-state index contributed by atoms with van der Waals surface area (Å²) < 4.78 is 64.4. The zero-order chi connectivity index (χ0) is 15.6. The van der Waals surface area contributed by atoms with Crippen molar-refractivity contribution >= 4 is 5.69 Å². The van der Waals surface area contributed by atoms with Crippen LogP contribution in [0.5, 0.6) is 0 Å². The molecule has 0 saturated heterocycles. The van der Waals surface area contributed by atoms with Crippen LogP contribution in [0.15, 0.2) is 36.4 Å². The Morgan fingerprint density at radius 2 is 1.71 bits per heavy atom. The lowest BCUT2D eigenvalue weighted by Gasteiger charge is -2.13. The highest BCUT2D eigenvalue weighted by Gasteiger charge is 2.30. The number of benzene rings is 2. The van der Waals surface area contributed by atoms with Gasteiger partial charge in [0.05, 0.1) is 5.56 Å². The number of anilines is 1. The van der Waals surface area contributed by atoms with Crippen molar-refractivity contribution in [2.75, 3.05) is 5.32 Å². The fourth-order valence-corrected chi connectivity index (χ4v) is 1.86. The van der Waals surface area contributed by atoms with Gasteiger partial charge in [-0.25, -0.2) is 8.78 Å². The highest BCUT2D eigenvalue weighted by Crippen LogP contribution is 2.32. The van der Waals surface area contributed by atoms with Gasteiger partial charge in [0.1, 0.15) is 11.6 Å². The Balaban J connectivity index is 2.22. The van der Waals surface area contributed by atoms with E-state index >= 15 is 0 Å². The van der Waals surface area contributed by atoms with Crippen molar-refractivity contribution in [2.24, 2.45) is 0 Å². The first kappa shape index (κ1) is 15.3. The second-order valence-corrected chi connectivity index (χ2v) is 4.62. The first-order valence-corrected chi connectivity index (χ1v) is 6.13. The molecule has 1 nitrogen and oxygen atoms in total. The molecule has 0 atom stereocenters. The average Bonchev–Trinajstić information content (AvgIpc) is 2.40. The number of hydrogen-bond acceptors (Lipinski definition) is 1. The predicted octanol–water partition coefficient (Wildman–Crippen LogP) is 4.90. The Bertz CT molecular complexity index is 649.